The monoisotopic (exact) mass is 448 g/mol. The number of benzene rings is 2. The second-order valence-corrected chi connectivity index (χ2v) is 7.44. The quantitative estimate of drug-likeness (QED) is 0.384. The van der Waals surface area contributed by atoms with E-state index < -0.39 is 16.9 Å². The molecule has 0 spiro atoms. The average molecular weight is 449 g/mol. The number of nitro groups is 1. The number of aryl methyl sites for hydroxylation is 1. The number of ether oxygens (including phenoxy) is 1. The molecule has 1 N–H and O–H groups in total. The number of amides is 1. The highest BCUT2D eigenvalue weighted by Crippen LogP contribution is 2.31. The van der Waals surface area contributed by atoms with E-state index in [1.807, 2.05) is 0 Å². The van der Waals surface area contributed by atoms with Gasteiger partial charge in [0.25, 0.3) is 5.69 Å². The van der Waals surface area contributed by atoms with E-state index in [2.05, 4.69) is 10.4 Å². The summed E-state index contributed by atoms with van der Waals surface area (Å²) in [5, 5.41) is 19.3. The fraction of sp³-hybridized carbons (Fsp3) is 0.200. The van der Waals surface area contributed by atoms with Crippen LogP contribution in [-0.4, -0.2) is 20.6 Å². The molecule has 1 unspecified atom stereocenters. The molecule has 30 heavy (non-hydrogen) atoms. The fourth-order valence-electron chi connectivity index (χ4n) is 2.84. The van der Waals surface area contributed by atoms with Gasteiger partial charge in [-0.05, 0) is 45.0 Å². The number of carbonyl (C=O) groups is 1. The molecule has 0 aliphatic heterocycles. The Morgan fingerprint density at radius 2 is 1.83 bits per heavy atom. The molecule has 0 fully saturated rings. The van der Waals surface area contributed by atoms with Crippen molar-refractivity contribution < 1.29 is 14.5 Å². The zero-order valence-electron chi connectivity index (χ0n) is 16.3. The third kappa shape index (κ3) is 4.72. The molecule has 3 aromatic rings. The second kappa shape index (κ2) is 8.73. The summed E-state index contributed by atoms with van der Waals surface area (Å²) < 4.78 is 7.19. The summed E-state index contributed by atoms with van der Waals surface area (Å²) in [6.45, 7) is 5.17. The van der Waals surface area contributed by atoms with Crippen molar-refractivity contribution in [2.24, 2.45) is 0 Å². The maximum Gasteiger partial charge on any atom is 0.275 e. The van der Waals surface area contributed by atoms with Crippen molar-refractivity contribution in [3.63, 3.8) is 0 Å². The fourth-order valence-corrected chi connectivity index (χ4v) is 3.09. The lowest BCUT2D eigenvalue weighted by Crippen LogP contribution is -2.25. The van der Waals surface area contributed by atoms with Crippen LogP contribution in [0, 0.1) is 24.0 Å². The van der Waals surface area contributed by atoms with Crippen LogP contribution in [0.4, 0.5) is 11.4 Å². The third-order valence-electron chi connectivity index (χ3n) is 4.40. The number of aromatic nitrogens is 2. The number of hydrogen-bond acceptors (Lipinski definition) is 5. The maximum absolute atomic E-state index is 12.7. The SMILES string of the molecule is Cc1nn(C(C)C(=O)Nc2cc(Oc3ccc(Cl)cc3)cc([N+](=O)[O-])c2)c(C)c1Cl. The van der Waals surface area contributed by atoms with Crippen LogP contribution in [0.25, 0.3) is 0 Å². The Hall–Kier alpha value is -3.10. The van der Waals surface area contributed by atoms with Gasteiger partial charge in [0.05, 0.1) is 33.1 Å². The van der Waals surface area contributed by atoms with Gasteiger partial charge in [-0.25, -0.2) is 0 Å². The summed E-state index contributed by atoms with van der Waals surface area (Å²) >= 11 is 12.0. The summed E-state index contributed by atoms with van der Waals surface area (Å²) in [6, 6.07) is 9.89. The number of non-ortho nitro benzene ring substituents is 1. The molecule has 8 nitrogen and oxygen atoms in total. The predicted octanol–water partition coefficient (Wildman–Crippen LogP) is 5.71. The Kier molecular flexibility index (Phi) is 6.28. The molecule has 10 heteroatoms. The van der Waals surface area contributed by atoms with Crippen molar-refractivity contribution in [3.8, 4) is 11.5 Å². The summed E-state index contributed by atoms with van der Waals surface area (Å²) in [4.78, 5) is 23.5. The van der Waals surface area contributed by atoms with Gasteiger partial charge in [0.2, 0.25) is 5.91 Å². The molecule has 2 aromatic carbocycles. The first-order valence-electron chi connectivity index (χ1n) is 8.90. The highest BCUT2D eigenvalue weighted by Gasteiger charge is 2.22. The summed E-state index contributed by atoms with van der Waals surface area (Å²) in [7, 11) is 0. The average Bonchev–Trinajstić information content (AvgIpc) is 2.96. The predicted molar refractivity (Wildman–Crippen MR) is 115 cm³/mol. The summed E-state index contributed by atoms with van der Waals surface area (Å²) in [5.74, 6) is 0.238. The minimum Gasteiger partial charge on any atom is -0.457 e. The molecular weight excluding hydrogens is 431 g/mol. The lowest BCUT2D eigenvalue weighted by Gasteiger charge is -2.15. The van der Waals surface area contributed by atoms with E-state index in [9.17, 15) is 14.9 Å². The Bertz CT molecular complexity index is 1110. The minimum absolute atomic E-state index is 0.198. The maximum atomic E-state index is 12.7. The number of nitrogens with zero attached hydrogens (tertiary/aromatic N) is 3. The van der Waals surface area contributed by atoms with Gasteiger partial charge in [0.1, 0.15) is 17.5 Å². The Balaban J connectivity index is 1.86. The van der Waals surface area contributed by atoms with Crippen LogP contribution in [0.2, 0.25) is 10.0 Å². The molecule has 0 aliphatic carbocycles. The lowest BCUT2D eigenvalue weighted by molar-refractivity contribution is -0.384. The largest absolute Gasteiger partial charge is 0.457 e. The van der Waals surface area contributed by atoms with Crippen LogP contribution in [0.15, 0.2) is 42.5 Å². The number of nitro benzene ring substituents is 1. The van der Waals surface area contributed by atoms with Crippen LogP contribution in [0.1, 0.15) is 24.4 Å². The van der Waals surface area contributed by atoms with Crippen LogP contribution >= 0.6 is 23.2 Å². The van der Waals surface area contributed by atoms with E-state index in [1.165, 1.54) is 22.9 Å². The normalized spacial score (nSPS) is 11.8. The van der Waals surface area contributed by atoms with Gasteiger partial charge in [-0.3, -0.25) is 19.6 Å². The smallest absolute Gasteiger partial charge is 0.275 e. The Morgan fingerprint density at radius 3 is 2.40 bits per heavy atom. The zero-order chi connectivity index (χ0) is 22.0. The molecule has 1 heterocycles. The molecule has 156 valence electrons. The standard InChI is InChI=1S/C20H18Cl2N4O4/c1-11-19(22)12(2)25(24-11)13(3)20(27)23-15-8-16(26(28)29)10-18(9-15)30-17-6-4-14(21)5-7-17/h4-10,13H,1-3H3,(H,23,27). The molecule has 0 saturated heterocycles. The van der Waals surface area contributed by atoms with Gasteiger partial charge in [0, 0.05) is 17.2 Å². The number of carbonyl (C=O) groups excluding carboxylic acids is 1. The summed E-state index contributed by atoms with van der Waals surface area (Å²) in [6.07, 6.45) is 0. The summed E-state index contributed by atoms with van der Waals surface area (Å²) in [5.41, 5.74) is 1.27. The van der Waals surface area contributed by atoms with E-state index in [4.69, 9.17) is 27.9 Å². The van der Waals surface area contributed by atoms with Crippen LogP contribution in [0.3, 0.4) is 0 Å². The number of rotatable bonds is 6. The van der Waals surface area contributed by atoms with Crippen LogP contribution < -0.4 is 10.1 Å². The molecule has 1 aromatic heterocycles. The number of halogens is 2. The number of hydrogen-bond donors (Lipinski definition) is 1. The first-order chi connectivity index (χ1) is 14.2. The van der Waals surface area contributed by atoms with Gasteiger partial charge < -0.3 is 10.1 Å². The Morgan fingerprint density at radius 1 is 1.17 bits per heavy atom. The van der Waals surface area contributed by atoms with Crippen molar-refractivity contribution in [2.45, 2.75) is 26.8 Å². The lowest BCUT2D eigenvalue weighted by atomic mass is 10.2. The van der Waals surface area contributed by atoms with Crippen molar-refractivity contribution in [1.82, 2.24) is 9.78 Å². The molecule has 0 bridgehead atoms. The van der Waals surface area contributed by atoms with Crippen molar-refractivity contribution in [2.75, 3.05) is 5.32 Å². The van der Waals surface area contributed by atoms with Crippen molar-refractivity contribution in [3.05, 3.63) is 74.0 Å². The van der Waals surface area contributed by atoms with Crippen LogP contribution in [-0.2, 0) is 4.79 Å². The Labute approximate surface area is 182 Å². The molecule has 1 atom stereocenters. The molecule has 0 aliphatic rings. The van der Waals surface area contributed by atoms with E-state index in [0.717, 1.165) is 0 Å². The van der Waals surface area contributed by atoms with Gasteiger partial charge >= 0.3 is 0 Å². The van der Waals surface area contributed by atoms with E-state index in [-0.39, 0.29) is 17.1 Å². The van der Waals surface area contributed by atoms with E-state index in [0.29, 0.717) is 27.2 Å². The molecule has 0 saturated carbocycles. The van der Waals surface area contributed by atoms with Gasteiger partial charge in [-0.1, -0.05) is 23.2 Å². The van der Waals surface area contributed by atoms with Crippen LogP contribution in [0.5, 0.6) is 11.5 Å². The zero-order valence-corrected chi connectivity index (χ0v) is 17.9. The third-order valence-corrected chi connectivity index (χ3v) is 5.20. The first-order valence-corrected chi connectivity index (χ1v) is 9.66. The van der Waals surface area contributed by atoms with Gasteiger partial charge in [0.15, 0.2) is 0 Å². The number of anilines is 1. The number of nitrogens with one attached hydrogen (secondary N) is 1. The van der Waals surface area contributed by atoms with Gasteiger partial charge in [-0.2, -0.15) is 5.10 Å². The molecule has 3 rings (SSSR count). The highest BCUT2D eigenvalue weighted by molar-refractivity contribution is 6.31. The van der Waals surface area contributed by atoms with Gasteiger partial charge in [-0.15, -0.1) is 0 Å². The highest BCUT2D eigenvalue weighted by atomic mass is 35.5. The molecule has 1 amide bonds. The second-order valence-electron chi connectivity index (χ2n) is 6.62. The minimum atomic E-state index is -0.684. The van der Waals surface area contributed by atoms with E-state index in [1.54, 1.807) is 45.0 Å². The topological polar surface area (TPSA) is 99.3 Å². The van der Waals surface area contributed by atoms with Crippen molar-refractivity contribution in [1.29, 1.82) is 0 Å². The molecule has 0 radical (unpaired) electrons. The van der Waals surface area contributed by atoms with Crippen molar-refractivity contribution >= 4 is 40.5 Å². The first kappa shape index (κ1) is 21.6. The van der Waals surface area contributed by atoms with E-state index >= 15 is 0 Å². The molecular formula is C20H18Cl2N4O4.